The van der Waals surface area contributed by atoms with E-state index < -0.39 is 9.84 Å². The fourth-order valence-electron chi connectivity index (χ4n) is 4.38. The molecule has 0 spiro atoms. The van der Waals surface area contributed by atoms with Crippen molar-refractivity contribution in [1.82, 2.24) is 14.5 Å². The summed E-state index contributed by atoms with van der Waals surface area (Å²) in [6.07, 6.45) is 3.58. The van der Waals surface area contributed by atoms with Crippen molar-refractivity contribution in [3.8, 4) is 5.69 Å². The van der Waals surface area contributed by atoms with E-state index in [-0.39, 0.29) is 21.2 Å². The highest BCUT2D eigenvalue weighted by atomic mass is 35.5. The first-order valence-corrected chi connectivity index (χ1v) is 12.4. The number of aromatic amines is 1. The molecule has 3 heterocycles. The van der Waals surface area contributed by atoms with Crippen molar-refractivity contribution in [2.45, 2.75) is 24.9 Å². The lowest BCUT2D eigenvalue weighted by molar-refractivity contribution is 0.273. The van der Waals surface area contributed by atoms with Gasteiger partial charge in [0.1, 0.15) is 0 Å². The minimum atomic E-state index is -3.53. The number of benzene rings is 2. The van der Waals surface area contributed by atoms with Crippen molar-refractivity contribution in [2.75, 3.05) is 12.3 Å². The Morgan fingerprint density at radius 2 is 1.94 bits per heavy atom. The average molecular weight is 468 g/mol. The zero-order valence-electron chi connectivity index (χ0n) is 17.5. The summed E-state index contributed by atoms with van der Waals surface area (Å²) in [6, 6.07) is 15.3. The number of aromatic nitrogens is 2. The van der Waals surface area contributed by atoms with E-state index in [2.05, 4.69) is 30.1 Å². The fraction of sp³-hybridized carbons (Fsp3) is 0.208. The van der Waals surface area contributed by atoms with Gasteiger partial charge < -0.3 is 9.55 Å². The zero-order chi connectivity index (χ0) is 22.5. The molecule has 0 bridgehead atoms. The quantitative estimate of drug-likeness (QED) is 0.493. The third kappa shape index (κ3) is 3.88. The Morgan fingerprint density at radius 3 is 2.75 bits per heavy atom. The third-order valence-electron chi connectivity index (χ3n) is 5.86. The number of rotatable bonds is 3. The molecule has 32 heavy (non-hydrogen) atoms. The van der Waals surface area contributed by atoms with Gasteiger partial charge in [-0.3, -0.25) is 9.69 Å². The monoisotopic (exact) mass is 467 g/mol. The van der Waals surface area contributed by atoms with Gasteiger partial charge >= 0.3 is 0 Å². The van der Waals surface area contributed by atoms with Gasteiger partial charge in [-0.15, -0.1) is 0 Å². The molecule has 0 aliphatic carbocycles. The standard InChI is InChI=1S/C24H22ClN3O3S/c1-16-2-3-22-18(10-16)5-7-28(22)20-12-19-15-27(14-17-4-6-26-23(29)11-17)8-9-32(30,31)24(19)21(25)13-20/h2-7,10-13H,8-9,14-15H2,1H3,(H,26,29). The van der Waals surface area contributed by atoms with Crippen molar-refractivity contribution in [3.05, 3.63) is 93.0 Å². The molecule has 0 unspecified atom stereocenters. The van der Waals surface area contributed by atoms with Gasteiger partial charge in [0.2, 0.25) is 5.56 Å². The molecule has 2 aromatic carbocycles. The summed E-state index contributed by atoms with van der Waals surface area (Å²) in [6.45, 7) is 3.32. The Morgan fingerprint density at radius 1 is 1.09 bits per heavy atom. The smallest absolute Gasteiger partial charge is 0.248 e. The van der Waals surface area contributed by atoms with Crippen LogP contribution in [0.25, 0.3) is 16.6 Å². The van der Waals surface area contributed by atoms with E-state index in [1.54, 1.807) is 12.3 Å². The summed E-state index contributed by atoms with van der Waals surface area (Å²) < 4.78 is 28.1. The van der Waals surface area contributed by atoms with Gasteiger partial charge in [-0.1, -0.05) is 23.2 Å². The first-order chi connectivity index (χ1) is 15.3. The SMILES string of the molecule is Cc1ccc2c(ccn2-c2cc(Cl)c3c(c2)CN(Cc2cc[nH]c(=O)c2)CCS3(=O)=O)c1. The summed E-state index contributed by atoms with van der Waals surface area (Å²) in [5, 5.41) is 1.35. The summed E-state index contributed by atoms with van der Waals surface area (Å²) in [5.74, 6) is -0.0199. The second-order valence-corrected chi connectivity index (χ2v) is 10.7. The van der Waals surface area contributed by atoms with E-state index in [9.17, 15) is 13.2 Å². The van der Waals surface area contributed by atoms with Crippen LogP contribution in [0.4, 0.5) is 0 Å². The minimum absolute atomic E-state index is 0.0199. The Balaban J connectivity index is 1.59. The first-order valence-electron chi connectivity index (χ1n) is 10.3. The Hall–Kier alpha value is -2.87. The Labute approximate surface area is 191 Å². The average Bonchev–Trinajstić information content (AvgIpc) is 3.09. The molecule has 4 aromatic rings. The number of halogens is 1. The molecule has 164 valence electrons. The van der Waals surface area contributed by atoms with Crippen molar-refractivity contribution < 1.29 is 8.42 Å². The maximum Gasteiger partial charge on any atom is 0.248 e. The highest BCUT2D eigenvalue weighted by molar-refractivity contribution is 7.91. The molecular weight excluding hydrogens is 446 g/mol. The zero-order valence-corrected chi connectivity index (χ0v) is 19.1. The lowest BCUT2D eigenvalue weighted by Crippen LogP contribution is -2.26. The van der Waals surface area contributed by atoms with Gasteiger partial charge in [-0.25, -0.2) is 8.42 Å². The number of H-pyrrole nitrogens is 1. The number of aryl methyl sites for hydroxylation is 1. The van der Waals surface area contributed by atoms with Crippen LogP contribution in [0.2, 0.25) is 5.02 Å². The predicted molar refractivity (Wildman–Crippen MR) is 126 cm³/mol. The highest BCUT2D eigenvalue weighted by Crippen LogP contribution is 2.34. The maximum absolute atomic E-state index is 13.0. The molecule has 1 N–H and O–H groups in total. The van der Waals surface area contributed by atoms with Gasteiger partial charge in [0, 0.05) is 49.2 Å². The lowest BCUT2D eigenvalue weighted by Gasteiger charge is -2.20. The molecule has 1 aliphatic heterocycles. The van der Waals surface area contributed by atoms with Crippen LogP contribution >= 0.6 is 11.6 Å². The van der Waals surface area contributed by atoms with E-state index in [1.807, 2.05) is 33.9 Å². The van der Waals surface area contributed by atoms with E-state index >= 15 is 0 Å². The van der Waals surface area contributed by atoms with Crippen LogP contribution in [0.1, 0.15) is 16.7 Å². The fourth-order valence-corrected chi connectivity index (χ4v) is 6.55. The molecule has 8 heteroatoms. The molecular formula is C24H22ClN3O3S. The second kappa shape index (κ2) is 7.92. The molecule has 2 aromatic heterocycles. The van der Waals surface area contributed by atoms with Gasteiger partial charge in [0.05, 0.1) is 21.2 Å². The topological polar surface area (TPSA) is 75.2 Å². The van der Waals surface area contributed by atoms with Crippen LogP contribution in [-0.2, 0) is 22.9 Å². The molecule has 0 atom stereocenters. The van der Waals surface area contributed by atoms with E-state index in [0.29, 0.717) is 25.2 Å². The minimum Gasteiger partial charge on any atom is -0.329 e. The summed E-state index contributed by atoms with van der Waals surface area (Å²) in [4.78, 5) is 16.5. The number of nitrogens with one attached hydrogen (secondary N) is 1. The summed E-state index contributed by atoms with van der Waals surface area (Å²) in [5.41, 5.74) is 4.36. The van der Waals surface area contributed by atoms with Crippen molar-refractivity contribution >= 4 is 32.3 Å². The van der Waals surface area contributed by atoms with Crippen LogP contribution in [0.15, 0.2) is 70.6 Å². The van der Waals surface area contributed by atoms with Crippen LogP contribution in [-0.4, -0.2) is 35.2 Å². The third-order valence-corrected chi connectivity index (χ3v) is 8.09. The van der Waals surface area contributed by atoms with Gasteiger partial charge in [-0.2, -0.15) is 0 Å². The number of hydrogen-bond donors (Lipinski definition) is 1. The van der Waals surface area contributed by atoms with E-state index in [1.165, 1.54) is 11.6 Å². The van der Waals surface area contributed by atoms with Gasteiger partial charge in [-0.05, 0) is 54.4 Å². The molecule has 0 saturated carbocycles. The van der Waals surface area contributed by atoms with Crippen LogP contribution in [0, 0.1) is 6.92 Å². The number of hydrogen-bond acceptors (Lipinski definition) is 4. The van der Waals surface area contributed by atoms with Crippen molar-refractivity contribution in [1.29, 1.82) is 0 Å². The normalized spacial score (nSPS) is 16.1. The first kappa shape index (κ1) is 21.0. The molecule has 5 rings (SSSR count). The number of fused-ring (bicyclic) bond motifs is 2. The van der Waals surface area contributed by atoms with Crippen LogP contribution < -0.4 is 5.56 Å². The second-order valence-electron chi connectivity index (χ2n) is 8.25. The van der Waals surface area contributed by atoms with Gasteiger partial charge in [0.25, 0.3) is 0 Å². The largest absolute Gasteiger partial charge is 0.329 e. The maximum atomic E-state index is 13.0. The van der Waals surface area contributed by atoms with Gasteiger partial charge in [0.15, 0.2) is 9.84 Å². The number of sulfone groups is 1. The van der Waals surface area contributed by atoms with Crippen molar-refractivity contribution in [2.24, 2.45) is 0 Å². The molecule has 0 fully saturated rings. The molecule has 0 radical (unpaired) electrons. The lowest BCUT2D eigenvalue weighted by atomic mass is 10.1. The van der Waals surface area contributed by atoms with Crippen LogP contribution in [0.5, 0.6) is 0 Å². The molecule has 0 saturated heterocycles. The Bertz CT molecular complexity index is 1500. The Kier molecular flexibility index (Phi) is 5.20. The molecule has 6 nitrogen and oxygen atoms in total. The van der Waals surface area contributed by atoms with E-state index in [4.69, 9.17) is 11.6 Å². The number of pyridine rings is 1. The number of nitrogens with zero attached hydrogens (tertiary/aromatic N) is 2. The van der Waals surface area contributed by atoms with E-state index in [0.717, 1.165) is 22.2 Å². The van der Waals surface area contributed by atoms with Crippen molar-refractivity contribution in [3.63, 3.8) is 0 Å². The predicted octanol–water partition coefficient (Wildman–Crippen LogP) is 4.07. The molecule has 0 amide bonds. The highest BCUT2D eigenvalue weighted by Gasteiger charge is 2.29. The van der Waals surface area contributed by atoms with Crippen LogP contribution in [0.3, 0.4) is 0 Å². The summed E-state index contributed by atoms with van der Waals surface area (Å²) >= 11 is 6.57. The molecule has 1 aliphatic rings. The summed E-state index contributed by atoms with van der Waals surface area (Å²) in [7, 11) is -3.53.